The number of rotatable bonds is 5. The quantitative estimate of drug-likeness (QED) is 0.488. The second kappa shape index (κ2) is 6.18. The summed E-state index contributed by atoms with van der Waals surface area (Å²) in [6.45, 7) is -0.465. The van der Waals surface area contributed by atoms with Crippen LogP contribution in [-0.4, -0.2) is 13.2 Å². The molecule has 13 heavy (non-hydrogen) atoms. The van der Waals surface area contributed by atoms with Crippen molar-refractivity contribution < 1.29 is 18.1 Å². The van der Waals surface area contributed by atoms with E-state index in [1.807, 2.05) is 0 Å². The lowest BCUT2D eigenvalue weighted by atomic mass is 10.8. The van der Waals surface area contributed by atoms with Gasteiger partial charge in [-0.1, -0.05) is 18.3 Å². The minimum Gasteiger partial charge on any atom is -0.350 e. The van der Waals surface area contributed by atoms with Gasteiger partial charge in [0.2, 0.25) is 0 Å². The molecular weight excluding hydrogens is 191 g/mol. The molecule has 0 unspecified atom stereocenters. The van der Waals surface area contributed by atoms with Crippen molar-refractivity contribution in [2.45, 2.75) is 0 Å². The van der Waals surface area contributed by atoms with Gasteiger partial charge in [-0.15, -0.1) is 12.8 Å². The fourth-order valence-corrected chi connectivity index (χ4v) is 1.16. The summed E-state index contributed by atoms with van der Waals surface area (Å²) in [5, 5.41) is 0. The number of phosphoric acid groups is 1. The van der Waals surface area contributed by atoms with Gasteiger partial charge in [0.1, 0.15) is 19.3 Å². The van der Waals surface area contributed by atoms with Crippen LogP contribution in [0.15, 0.2) is 0 Å². The first-order valence-electron chi connectivity index (χ1n) is 3.08. The van der Waals surface area contributed by atoms with Gasteiger partial charge in [0.15, 0.2) is 0 Å². The van der Waals surface area contributed by atoms with E-state index in [0.29, 0.717) is 0 Å². The first-order valence-corrected chi connectivity index (χ1v) is 4.55. The molecule has 0 aromatic heterocycles. The Bertz CT molecular complexity index is 293. The molecule has 0 aromatic carbocycles. The largest absolute Gasteiger partial charge is 0.540 e. The Morgan fingerprint density at radius 1 is 1.08 bits per heavy atom. The van der Waals surface area contributed by atoms with E-state index < -0.39 is 7.82 Å². The maximum absolute atomic E-state index is 11.3. The minimum absolute atomic E-state index is 0.233. The molecule has 0 radical (unpaired) electrons. The van der Waals surface area contributed by atoms with E-state index in [2.05, 4.69) is 25.4 Å². The molecule has 0 saturated carbocycles. The first kappa shape index (κ1) is 11.6. The summed E-state index contributed by atoms with van der Waals surface area (Å²) in [6, 6.07) is 0. The Morgan fingerprint density at radius 3 is 1.85 bits per heavy atom. The highest BCUT2D eigenvalue weighted by atomic mass is 31.2. The van der Waals surface area contributed by atoms with Crippen LogP contribution in [0.5, 0.6) is 0 Å². The number of terminal acetylenes is 3. The summed E-state index contributed by atoms with van der Waals surface area (Å²) in [6.07, 6.45) is 16.1. The second-order valence-corrected chi connectivity index (χ2v) is 3.20. The second-order valence-electron chi connectivity index (χ2n) is 1.61. The fourth-order valence-electron chi connectivity index (χ4n) is 0.387. The van der Waals surface area contributed by atoms with Crippen LogP contribution in [0.2, 0.25) is 0 Å². The van der Waals surface area contributed by atoms with E-state index >= 15 is 0 Å². The lowest BCUT2D eigenvalue weighted by Gasteiger charge is -2.11. The summed E-state index contributed by atoms with van der Waals surface area (Å²) in [4.78, 5) is 0. The van der Waals surface area contributed by atoms with Crippen molar-refractivity contribution in [1.82, 2.24) is 0 Å². The Labute approximate surface area is 77.2 Å². The van der Waals surface area contributed by atoms with Crippen LogP contribution in [0.1, 0.15) is 0 Å². The van der Waals surface area contributed by atoms with E-state index in [1.54, 1.807) is 6.11 Å². The Kier molecular flexibility index (Phi) is 5.53. The van der Waals surface area contributed by atoms with Gasteiger partial charge in [-0.25, -0.2) is 4.57 Å². The average molecular weight is 198 g/mol. The third-order valence-electron chi connectivity index (χ3n) is 0.777. The third-order valence-corrected chi connectivity index (χ3v) is 2.00. The Morgan fingerprint density at radius 2 is 1.54 bits per heavy atom. The fraction of sp³-hybridized carbons (Fsp3) is 0.250. The lowest BCUT2D eigenvalue weighted by molar-refractivity contribution is 0.176. The summed E-state index contributed by atoms with van der Waals surface area (Å²) in [5.41, 5.74) is 0. The van der Waals surface area contributed by atoms with E-state index in [4.69, 9.17) is 19.3 Å². The van der Waals surface area contributed by atoms with Gasteiger partial charge in [0.05, 0.1) is 0 Å². The molecule has 0 aromatic rings. The van der Waals surface area contributed by atoms with Gasteiger partial charge >= 0.3 is 7.82 Å². The number of hydrogen-bond donors (Lipinski definition) is 0. The summed E-state index contributed by atoms with van der Waals surface area (Å²) < 4.78 is 24.7. The molecular formula is C8H7O4P. The first-order chi connectivity index (χ1) is 6.18. The molecule has 0 saturated heterocycles. The molecule has 4 nitrogen and oxygen atoms in total. The zero-order chi connectivity index (χ0) is 10.2. The molecule has 5 heteroatoms. The smallest absolute Gasteiger partial charge is 0.350 e. The van der Waals surface area contributed by atoms with Crippen molar-refractivity contribution in [2.75, 3.05) is 13.2 Å². The standard InChI is InChI=1S/C8H7O4P/c1-4-7-11-13(9,10-6-3)12-8-5-2/h1-3H,7-8H2. The molecule has 68 valence electrons. The van der Waals surface area contributed by atoms with E-state index in [0.717, 1.165) is 0 Å². The van der Waals surface area contributed by atoms with Gasteiger partial charge in [0.25, 0.3) is 0 Å². The normalized spacial score (nSPS) is 9.31. The van der Waals surface area contributed by atoms with Crippen LogP contribution in [0.4, 0.5) is 0 Å². The molecule has 0 rings (SSSR count). The van der Waals surface area contributed by atoms with Crippen molar-refractivity contribution in [3.63, 3.8) is 0 Å². The van der Waals surface area contributed by atoms with Crippen LogP contribution in [0.25, 0.3) is 0 Å². The minimum atomic E-state index is -3.77. The van der Waals surface area contributed by atoms with Gasteiger partial charge < -0.3 is 4.52 Å². The van der Waals surface area contributed by atoms with Crippen LogP contribution >= 0.6 is 7.82 Å². The van der Waals surface area contributed by atoms with Crippen LogP contribution < -0.4 is 0 Å². The maximum Gasteiger partial charge on any atom is 0.540 e. The van der Waals surface area contributed by atoms with Gasteiger partial charge in [-0.3, -0.25) is 9.05 Å². The van der Waals surface area contributed by atoms with Crippen molar-refractivity contribution in [2.24, 2.45) is 0 Å². The Balaban J connectivity index is 4.21. The van der Waals surface area contributed by atoms with Gasteiger partial charge in [-0.05, 0) is 0 Å². The highest BCUT2D eigenvalue weighted by Crippen LogP contribution is 2.48. The van der Waals surface area contributed by atoms with E-state index in [1.165, 1.54) is 0 Å². The highest BCUT2D eigenvalue weighted by molar-refractivity contribution is 7.48. The molecule has 0 bridgehead atoms. The SMILES string of the molecule is C#CCOP(=O)(OC#C)OCC#C. The summed E-state index contributed by atoms with van der Waals surface area (Å²) in [7, 11) is -3.77. The van der Waals surface area contributed by atoms with Crippen LogP contribution in [0.3, 0.4) is 0 Å². The average Bonchev–Trinajstić information content (AvgIpc) is 2.12. The van der Waals surface area contributed by atoms with E-state index in [-0.39, 0.29) is 13.2 Å². The molecule has 0 aliphatic carbocycles. The zero-order valence-corrected chi connectivity index (χ0v) is 7.62. The third kappa shape index (κ3) is 4.96. The monoisotopic (exact) mass is 198 g/mol. The predicted molar refractivity (Wildman–Crippen MR) is 47.1 cm³/mol. The van der Waals surface area contributed by atoms with Crippen LogP contribution in [0, 0.1) is 37.2 Å². The van der Waals surface area contributed by atoms with Crippen molar-refractivity contribution >= 4 is 7.82 Å². The molecule has 0 N–H and O–H groups in total. The van der Waals surface area contributed by atoms with Crippen LogP contribution in [-0.2, 0) is 18.1 Å². The molecule has 0 atom stereocenters. The molecule has 0 amide bonds. The predicted octanol–water partition coefficient (Wildman–Crippen LogP) is 1.00. The summed E-state index contributed by atoms with van der Waals surface area (Å²) in [5.74, 6) is 4.17. The number of hydrogen-bond acceptors (Lipinski definition) is 4. The molecule has 0 fully saturated rings. The molecule has 0 aliphatic rings. The van der Waals surface area contributed by atoms with Crippen molar-refractivity contribution in [3.05, 3.63) is 0 Å². The van der Waals surface area contributed by atoms with E-state index in [9.17, 15) is 4.57 Å². The Hall–Kier alpha value is -1.37. The molecule has 0 spiro atoms. The molecule has 0 aliphatic heterocycles. The highest BCUT2D eigenvalue weighted by Gasteiger charge is 2.26. The molecule has 0 heterocycles. The van der Waals surface area contributed by atoms with Gasteiger partial charge in [-0.2, -0.15) is 0 Å². The maximum atomic E-state index is 11.3. The van der Waals surface area contributed by atoms with Crippen molar-refractivity contribution in [1.29, 1.82) is 0 Å². The van der Waals surface area contributed by atoms with Gasteiger partial charge in [0, 0.05) is 0 Å². The lowest BCUT2D eigenvalue weighted by Crippen LogP contribution is -1.98. The number of phosphoric ester groups is 1. The topological polar surface area (TPSA) is 44.8 Å². The summed E-state index contributed by atoms with van der Waals surface area (Å²) >= 11 is 0. The van der Waals surface area contributed by atoms with Crippen molar-refractivity contribution in [3.8, 4) is 37.2 Å². The zero-order valence-electron chi connectivity index (χ0n) is 6.73.